The molecule has 0 bridgehead atoms. The summed E-state index contributed by atoms with van der Waals surface area (Å²) in [5.41, 5.74) is 0. The second-order valence-corrected chi connectivity index (χ2v) is 2.98. The molecule has 70 valence electrons. The number of hydrogen-bond donors (Lipinski definition) is 0. The van der Waals surface area contributed by atoms with Gasteiger partial charge in [0, 0.05) is 12.4 Å². The van der Waals surface area contributed by atoms with Crippen LogP contribution >= 0.6 is 0 Å². The highest BCUT2D eigenvalue weighted by Crippen LogP contribution is 2.37. The van der Waals surface area contributed by atoms with Gasteiger partial charge in [0.15, 0.2) is 11.5 Å². The summed E-state index contributed by atoms with van der Waals surface area (Å²) in [6.07, 6.45) is 3.02. The molecule has 0 spiro atoms. The summed E-state index contributed by atoms with van der Waals surface area (Å²) in [5, 5.41) is 4.05. The molecule has 0 amide bonds. The van der Waals surface area contributed by atoms with Gasteiger partial charge < -0.3 is 9.47 Å². The number of fused-ring (bicyclic) bond motifs is 1. The van der Waals surface area contributed by atoms with Crippen molar-refractivity contribution in [3.05, 3.63) is 42.7 Å². The van der Waals surface area contributed by atoms with Gasteiger partial charge in [-0.1, -0.05) is 12.1 Å². The van der Waals surface area contributed by atoms with Crippen LogP contribution in [0.15, 0.2) is 42.7 Å². The van der Waals surface area contributed by atoms with Crippen LogP contribution in [0.5, 0.6) is 11.5 Å². The molecule has 0 unspecified atom stereocenters. The second-order valence-electron chi connectivity index (χ2n) is 2.98. The Kier molecular flexibility index (Phi) is 1.47. The van der Waals surface area contributed by atoms with Gasteiger partial charge in [0.25, 0.3) is 0 Å². The molecule has 2 heterocycles. The Morgan fingerprint density at radius 1 is 1.07 bits per heavy atom. The zero-order chi connectivity index (χ0) is 9.38. The van der Waals surface area contributed by atoms with Gasteiger partial charge in [0.2, 0.25) is 0 Å². The van der Waals surface area contributed by atoms with Gasteiger partial charge in [0.05, 0.1) is 0 Å². The molecule has 0 saturated heterocycles. The van der Waals surface area contributed by atoms with Gasteiger partial charge >= 0.3 is 6.41 Å². The van der Waals surface area contributed by atoms with Crippen molar-refractivity contribution in [2.24, 2.45) is 0 Å². The summed E-state index contributed by atoms with van der Waals surface area (Å²) in [7, 11) is 0. The van der Waals surface area contributed by atoms with E-state index in [2.05, 4.69) is 5.10 Å². The molecule has 2 aromatic rings. The Morgan fingerprint density at radius 2 is 1.79 bits per heavy atom. The zero-order valence-corrected chi connectivity index (χ0v) is 7.33. The van der Waals surface area contributed by atoms with E-state index in [4.69, 9.17) is 9.47 Å². The van der Waals surface area contributed by atoms with E-state index in [1.807, 2.05) is 30.3 Å². The third-order valence-electron chi connectivity index (χ3n) is 2.05. The molecular weight excluding hydrogens is 180 g/mol. The van der Waals surface area contributed by atoms with Crippen LogP contribution in [0.25, 0.3) is 0 Å². The van der Waals surface area contributed by atoms with E-state index in [-0.39, 0.29) is 0 Å². The highest BCUT2D eigenvalue weighted by molar-refractivity contribution is 5.41. The summed E-state index contributed by atoms with van der Waals surface area (Å²) >= 11 is 0. The van der Waals surface area contributed by atoms with Gasteiger partial charge in [0.1, 0.15) is 0 Å². The molecule has 0 radical (unpaired) electrons. The molecule has 0 aliphatic carbocycles. The maximum atomic E-state index is 5.53. The molecule has 4 heteroatoms. The van der Waals surface area contributed by atoms with E-state index in [0.29, 0.717) is 0 Å². The monoisotopic (exact) mass is 188 g/mol. The van der Waals surface area contributed by atoms with Crippen molar-refractivity contribution in [2.45, 2.75) is 6.41 Å². The number of ether oxygens (including phenoxy) is 2. The lowest BCUT2D eigenvalue weighted by Crippen LogP contribution is -2.17. The largest absolute Gasteiger partial charge is 0.432 e. The molecule has 4 nitrogen and oxygen atoms in total. The van der Waals surface area contributed by atoms with Gasteiger partial charge in [-0.15, -0.1) is 0 Å². The van der Waals surface area contributed by atoms with E-state index >= 15 is 0 Å². The summed E-state index contributed by atoms with van der Waals surface area (Å²) in [6.45, 7) is 0. The fourth-order valence-corrected chi connectivity index (χ4v) is 1.40. The van der Waals surface area contributed by atoms with Gasteiger partial charge in [-0.2, -0.15) is 9.78 Å². The summed E-state index contributed by atoms with van der Waals surface area (Å²) in [4.78, 5) is 0. The number of hydrogen-bond acceptors (Lipinski definition) is 3. The molecule has 0 N–H and O–H groups in total. The van der Waals surface area contributed by atoms with E-state index in [1.54, 1.807) is 17.1 Å². The van der Waals surface area contributed by atoms with E-state index in [1.165, 1.54) is 0 Å². The summed E-state index contributed by atoms with van der Waals surface area (Å²) < 4.78 is 12.7. The van der Waals surface area contributed by atoms with Crippen LogP contribution in [0.1, 0.15) is 6.41 Å². The minimum atomic E-state index is -0.470. The summed E-state index contributed by atoms with van der Waals surface area (Å²) in [5.74, 6) is 1.51. The Hall–Kier alpha value is -1.97. The minimum absolute atomic E-state index is 0.470. The zero-order valence-electron chi connectivity index (χ0n) is 7.33. The van der Waals surface area contributed by atoms with E-state index in [0.717, 1.165) is 11.5 Å². The quantitative estimate of drug-likeness (QED) is 0.684. The standard InChI is InChI=1S/C10H8N2O2/c1-2-5-9-8(4-1)13-10(14-9)12-7-3-6-11-12/h1-7,10H. The van der Waals surface area contributed by atoms with E-state index in [9.17, 15) is 0 Å². The normalized spacial score (nSPS) is 14.6. The van der Waals surface area contributed by atoms with E-state index < -0.39 is 6.41 Å². The number of para-hydroxylation sites is 2. The van der Waals surface area contributed by atoms with Crippen molar-refractivity contribution in [3.8, 4) is 11.5 Å². The van der Waals surface area contributed by atoms with Crippen molar-refractivity contribution in [1.29, 1.82) is 0 Å². The Morgan fingerprint density at radius 3 is 2.36 bits per heavy atom. The highest BCUT2D eigenvalue weighted by atomic mass is 16.7. The number of rotatable bonds is 1. The van der Waals surface area contributed by atoms with Crippen molar-refractivity contribution < 1.29 is 9.47 Å². The minimum Gasteiger partial charge on any atom is -0.432 e. The fourth-order valence-electron chi connectivity index (χ4n) is 1.40. The van der Waals surface area contributed by atoms with Crippen LogP contribution in [-0.2, 0) is 0 Å². The van der Waals surface area contributed by atoms with Crippen LogP contribution in [0, 0.1) is 0 Å². The Labute approximate surface area is 80.7 Å². The van der Waals surface area contributed by atoms with Gasteiger partial charge in [-0.3, -0.25) is 0 Å². The fraction of sp³-hybridized carbons (Fsp3) is 0.100. The molecule has 1 aliphatic heterocycles. The second kappa shape index (κ2) is 2.77. The highest BCUT2D eigenvalue weighted by Gasteiger charge is 2.24. The Bertz CT molecular complexity index is 414. The van der Waals surface area contributed by atoms with Crippen LogP contribution in [-0.4, -0.2) is 9.78 Å². The maximum Gasteiger partial charge on any atom is 0.346 e. The molecule has 3 rings (SSSR count). The number of nitrogens with zero attached hydrogens (tertiary/aromatic N) is 2. The smallest absolute Gasteiger partial charge is 0.346 e. The average Bonchev–Trinajstić information content (AvgIpc) is 2.86. The lowest BCUT2D eigenvalue weighted by Gasteiger charge is -2.09. The van der Waals surface area contributed by atoms with Crippen LogP contribution in [0.4, 0.5) is 0 Å². The van der Waals surface area contributed by atoms with Gasteiger partial charge in [-0.25, -0.2) is 0 Å². The van der Waals surface area contributed by atoms with Crippen molar-refractivity contribution in [3.63, 3.8) is 0 Å². The lowest BCUT2D eigenvalue weighted by atomic mass is 10.3. The average molecular weight is 188 g/mol. The SMILES string of the molecule is c1ccc2c(c1)OC(n1cccn1)O2. The van der Waals surface area contributed by atoms with Crippen LogP contribution in [0.2, 0.25) is 0 Å². The topological polar surface area (TPSA) is 36.3 Å². The Balaban J connectivity index is 1.92. The first-order valence-corrected chi connectivity index (χ1v) is 4.35. The lowest BCUT2D eigenvalue weighted by molar-refractivity contribution is -0.0280. The molecule has 1 aliphatic rings. The van der Waals surface area contributed by atoms with Crippen LogP contribution in [0.3, 0.4) is 0 Å². The third kappa shape index (κ3) is 1.04. The molecule has 0 atom stereocenters. The third-order valence-corrected chi connectivity index (χ3v) is 2.05. The first-order valence-electron chi connectivity index (χ1n) is 4.35. The summed E-state index contributed by atoms with van der Waals surface area (Å²) in [6, 6.07) is 9.40. The number of benzene rings is 1. The maximum absolute atomic E-state index is 5.53. The molecule has 14 heavy (non-hydrogen) atoms. The van der Waals surface area contributed by atoms with Crippen LogP contribution < -0.4 is 9.47 Å². The molecule has 0 saturated carbocycles. The molecule has 1 aromatic heterocycles. The van der Waals surface area contributed by atoms with Crippen molar-refractivity contribution in [1.82, 2.24) is 9.78 Å². The first kappa shape index (κ1) is 7.44. The predicted octanol–water partition coefficient (Wildman–Crippen LogP) is 1.81. The molecule has 0 fully saturated rings. The predicted molar refractivity (Wildman–Crippen MR) is 49.0 cm³/mol. The number of aromatic nitrogens is 2. The van der Waals surface area contributed by atoms with Gasteiger partial charge in [-0.05, 0) is 18.2 Å². The van der Waals surface area contributed by atoms with Crippen molar-refractivity contribution >= 4 is 0 Å². The van der Waals surface area contributed by atoms with Crippen molar-refractivity contribution in [2.75, 3.05) is 0 Å². The molecular formula is C10H8N2O2. The first-order chi connectivity index (χ1) is 6.93. The molecule has 1 aromatic carbocycles.